The van der Waals surface area contributed by atoms with E-state index in [0.29, 0.717) is 6.04 Å². The number of anilines is 1. The Labute approximate surface area is 121 Å². The summed E-state index contributed by atoms with van der Waals surface area (Å²) in [4.78, 5) is 7.20. The van der Waals surface area contributed by atoms with E-state index in [-0.39, 0.29) is 0 Å². The molecule has 19 heavy (non-hydrogen) atoms. The summed E-state index contributed by atoms with van der Waals surface area (Å²) >= 11 is 2.05. The van der Waals surface area contributed by atoms with E-state index < -0.39 is 0 Å². The lowest BCUT2D eigenvalue weighted by atomic mass is 10.1. The number of pyridine rings is 1. The second-order valence-electron chi connectivity index (χ2n) is 5.29. The molecule has 0 spiro atoms. The van der Waals surface area contributed by atoms with E-state index in [1.54, 1.807) is 0 Å². The Morgan fingerprint density at radius 2 is 2.26 bits per heavy atom. The van der Waals surface area contributed by atoms with E-state index in [1.807, 2.05) is 0 Å². The first-order valence-electron chi connectivity index (χ1n) is 7.12. The Morgan fingerprint density at radius 3 is 2.89 bits per heavy atom. The minimum atomic E-state index is 0.638. The van der Waals surface area contributed by atoms with Crippen LogP contribution < -0.4 is 10.2 Å². The lowest BCUT2D eigenvalue weighted by molar-refractivity contribution is 0.671. The molecule has 2 rings (SSSR count). The topological polar surface area (TPSA) is 28.2 Å². The molecule has 4 heteroatoms. The fourth-order valence-electron chi connectivity index (χ4n) is 2.60. The van der Waals surface area contributed by atoms with Gasteiger partial charge in [-0.25, -0.2) is 4.98 Å². The van der Waals surface area contributed by atoms with Crippen molar-refractivity contribution < 1.29 is 0 Å². The Hall–Kier alpha value is -0.740. The fourth-order valence-corrected chi connectivity index (χ4v) is 3.87. The number of hydrogen-bond donors (Lipinski definition) is 1. The van der Waals surface area contributed by atoms with Crippen LogP contribution in [0.25, 0.3) is 0 Å². The Balaban J connectivity index is 2.30. The van der Waals surface area contributed by atoms with Crippen molar-refractivity contribution in [1.29, 1.82) is 0 Å². The summed E-state index contributed by atoms with van der Waals surface area (Å²) in [5, 5.41) is 3.44. The molecule has 1 aliphatic heterocycles. The van der Waals surface area contributed by atoms with Crippen molar-refractivity contribution in [3.63, 3.8) is 0 Å². The van der Waals surface area contributed by atoms with Crippen LogP contribution in [-0.4, -0.2) is 36.1 Å². The van der Waals surface area contributed by atoms with Crippen molar-refractivity contribution in [2.45, 2.75) is 39.8 Å². The van der Waals surface area contributed by atoms with Crippen LogP contribution in [0, 0.1) is 13.8 Å². The van der Waals surface area contributed by atoms with Gasteiger partial charge < -0.3 is 10.2 Å². The molecule has 1 saturated heterocycles. The fraction of sp³-hybridized carbons (Fsp3) is 0.667. The van der Waals surface area contributed by atoms with Gasteiger partial charge in [0, 0.05) is 36.6 Å². The van der Waals surface area contributed by atoms with E-state index in [2.05, 4.69) is 55.9 Å². The zero-order valence-electron chi connectivity index (χ0n) is 12.5. The van der Waals surface area contributed by atoms with Crippen LogP contribution in [0.2, 0.25) is 0 Å². The number of aryl methyl sites for hydroxylation is 2. The van der Waals surface area contributed by atoms with Crippen LogP contribution in [-0.2, 0) is 6.54 Å². The zero-order chi connectivity index (χ0) is 13.8. The minimum absolute atomic E-state index is 0.638. The average molecular weight is 279 g/mol. The molecule has 0 bridgehead atoms. The first kappa shape index (κ1) is 14.7. The number of rotatable bonds is 5. The van der Waals surface area contributed by atoms with Gasteiger partial charge in [-0.3, -0.25) is 0 Å². The van der Waals surface area contributed by atoms with Crippen molar-refractivity contribution in [2.75, 3.05) is 30.0 Å². The molecular weight excluding hydrogens is 254 g/mol. The molecule has 1 unspecified atom stereocenters. The van der Waals surface area contributed by atoms with Gasteiger partial charge in [0.1, 0.15) is 5.82 Å². The van der Waals surface area contributed by atoms with Gasteiger partial charge in [0.15, 0.2) is 0 Å². The summed E-state index contributed by atoms with van der Waals surface area (Å²) in [5.74, 6) is 3.68. The van der Waals surface area contributed by atoms with E-state index in [9.17, 15) is 0 Å². The molecule has 0 aromatic carbocycles. The number of thioether (sulfide) groups is 1. The molecule has 1 aliphatic rings. The van der Waals surface area contributed by atoms with E-state index in [4.69, 9.17) is 4.98 Å². The van der Waals surface area contributed by atoms with E-state index in [0.717, 1.165) is 18.8 Å². The van der Waals surface area contributed by atoms with Gasteiger partial charge >= 0.3 is 0 Å². The van der Waals surface area contributed by atoms with Crippen LogP contribution in [0.5, 0.6) is 0 Å². The summed E-state index contributed by atoms with van der Waals surface area (Å²) in [6.07, 6.45) is 1.27. The highest BCUT2D eigenvalue weighted by atomic mass is 32.2. The van der Waals surface area contributed by atoms with Crippen LogP contribution in [0.15, 0.2) is 6.07 Å². The van der Waals surface area contributed by atoms with Crippen LogP contribution >= 0.6 is 11.8 Å². The maximum Gasteiger partial charge on any atom is 0.133 e. The molecule has 1 aromatic rings. The molecule has 1 fully saturated rings. The SMILES string of the molecule is CCNCc1c(C)cc(C)nc1N(C)C1CCSC1. The van der Waals surface area contributed by atoms with Crippen molar-refractivity contribution in [2.24, 2.45) is 0 Å². The monoisotopic (exact) mass is 279 g/mol. The number of nitrogens with zero attached hydrogens (tertiary/aromatic N) is 2. The first-order chi connectivity index (χ1) is 9.13. The van der Waals surface area contributed by atoms with Crippen LogP contribution in [0.1, 0.15) is 30.2 Å². The van der Waals surface area contributed by atoms with Gasteiger partial charge in [0.05, 0.1) is 0 Å². The molecule has 3 nitrogen and oxygen atoms in total. The lowest BCUT2D eigenvalue weighted by Crippen LogP contribution is -2.33. The molecule has 2 heterocycles. The Bertz CT molecular complexity index is 428. The van der Waals surface area contributed by atoms with Gasteiger partial charge in [0.25, 0.3) is 0 Å². The summed E-state index contributed by atoms with van der Waals surface area (Å²) in [5.41, 5.74) is 3.82. The van der Waals surface area contributed by atoms with Gasteiger partial charge in [-0.05, 0) is 44.2 Å². The normalized spacial score (nSPS) is 18.8. The van der Waals surface area contributed by atoms with Gasteiger partial charge in [-0.1, -0.05) is 6.92 Å². The maximum atomic E-state index is 4.81. The third-order valence-corrected chi connectivity index (χ3v) is 4.94. The highest BCUT2D eigenvalue weighted by molar-refractivity contribution is 7.99. The molecule has 1 aromatic heterocycles. The highest BCUT2D eigenvalue weighted by Crippen LogP contribution is 2.28. The van der Waals surface area contributed by atoms with Crippen molar-refractivity contribution in [3.05, 3.63) is 22.9 Å². The molecule has 0 radical (unpaired) electrons. The van der Waals surface area contributed by atoms with Crippen molar-refractivity contribution >= 4 is 17.6 Å². The third kappa shape index (κ3) is 3.42. The van der Waals surface area contributed by atoms with Gasteiger partial charge in [-0.2, -0.15) is 11.8 Å². The zero-order valence-corrected chi connectivity index (χ0v) is 13.3. The Morgan fingerprint density at radius 1 is 1.47 bits per heavy atom. The molecule has 1 N–H and O–H groups in total. The molecular formula is C15H25N3S. The summed E-state index contributed by atoms with van der Waals surface area (Å²) in [6.45, 7) is 8.34. The number of aromatic nitrogens is 1. The quantitative estimate of drug-likeness (QED) is 0.897. The van der Waals surface area contributed by atoms with Crippen LogP contribution in [0.4, 0.5) is 5.82 Å². The maximum absolute atomic E-state index is 4.81. The summed E-state index contributed by atoms with van der Waals surface area (Å²) in [6, 6.07) is 2.83. The standard InChI is InChI=1S/C15H25N3S/c1-5-16-9-14-11(2)8-12(3)17-15(14)18(4)13-6-7-19-10-13/h8,13,16H,5-7,9-10H2,1-4H3. The average Bonchev–Trinajstić information content (AvgIpc) is 2.90. The smallest absolute Gasteiger partial charge is 0.133 e. The van der Waals surface area contributed by atoms with Crippen LogP contribution in [0.3, 0.4) is 0 Å². The number of nitrogens with one attached hydrogen (secondary N) is 1. The largest absolute Gasteiger partial charge is 0.356 e. The predicted molar refractivity (Wildman–Crippen MR) is 85.2 cm³/mol. The first-order valence-corrected chi connectivity index (χ1v) is 8.27. The molecule has 106 valence electrons. The summed E-state index contributed by atoms with van der Waals surface area (Å²) in [7, 11) is 2.20. The Kier molecular flexibility index (Phi) is 5.11. The lowest BCUT2D eigenvalue weighted by Gasteiger charge is -2.28. The number of hydrogen-bond acceptors (Lipinski definition) is 4. The minimum Gasteiger partial charge on any atom is -0.356 e. The predicted octanol–water partition coefficient (Wildman–Crippen LogP) is 2.75. The van der Waals surface area contributed by atoms with Crippen molar-refractivity contribution in [3.8, 4) is 0 Å². The van der Waals surface area contributed by atoms with E-state index in [1.165, 1.54) is 34.9 Å². The molecule has 0 amide bonds. The highest BCUT2D eigenvalue weighted by Gasteiger charge is 2.23. The molecule has 0 saturated carbocycles. The second-order valence-corrected chi connectivity index (χ2v) is 6.44. The van der Waals surface area contributed by atoms with E-state index >= 15 is 0 Å². The van der Waals surface area contributed by atoms with Crippen molar-refractivity contribution in [1.82, 2.24) is 10.3 Å². The van der Waals surface area contributed by atoms with Gasteiger partial charge in [0.2, 0.25) is 0 Å². The second kappa shape index (κ2) is 6.62. The third-order valence-electron chi connectivity index (χ3n) is 3.79. The molecule has 0 aliphatic carbocycles. The van der Waals surface area contributed by atoms with Gasteiger partial charge in [-0.15, -0.1) is 0 Å². The summed E-state index contributed by atoms with van der Waals surface area (Å²) < 4.78 is 0. The molecule has 1 atom stereocenters.